The van der Waals surface area contributed by atoms with Gasteiger partial charge in [0, 0.05) is 31.7 Å². The summed E-state index contributed by atoms with van der Waals surface area (Å²) in [5.41, 5.74) is 2.05. The van der Waals surface area contributed by atoms with Crippen LogP contribution in [-0.4, -0.2) is 63.3 Å². The van der Waals surface area contributed by atoms with Crippen LogP contribution in [0.4, 0.5) is 10.2 Å². The summed E-state index contributed by atoms with van der Waals surface area (Å²) in [5, 5.41) is 20.8. The number of amides is 1. The molecule has 1 fully saturated rings. The molecule has 1 unspecified atom stereocenters. The number of aromatic nitrogens is 2. The van der Waals surface area contributed by atoms with Gasteiger partial charge in [-0.1, -0.05) is 39.0 Å². The number of benzene rings is 1. The van der Waals surface area contributed by atoms with Crippen LogP contribution < -0.4 is 4.90 Å². The Morgan fingerprint density at radius 1 is 1.15 bits per heavy atom. The lowest BCUT2D eigenvalue weighted by molar-refractivity contribution is -0.146. The zero-order valence-corrected chi connectivity index (χ0v) is 20.0. The molecule has 1 aromatic carbocycles. The van der Waals surface area contributed by atoms with Crippen molar-refractivity contribution < 1.29 is 19.4 Å². The zero-order chi connectivity index (χ0) is 24.6. The van der Waals surface area contributed by atoms with E-state index in [4.69, 9.17) is 4.98 Å². The molecule has 0 saturated carbocycles. The van der Waals surface area contributed by atoms with Gasteiger partial charge in [0.2, 0.25) is 0 Å². The van der Waals surface area contributed by atoms with E-state index in [1.54, 1.807) is 4.90 Å². The second-order valence-corrected chi connectivity index (χ2v) is 9.94. The van der Waals surface area contributed by atoms with Crippen LogP contribution in [0.25, 0.3) is 17.5 Å². The zero-order valence-electron chi connectivity index (χ0n) is 20.0. The van der Waals surface area contributed by atoms with Crippen molar-refractivity contribution in [2.75, 3.05) is 31.1 Å². The maximum absolute atomic E-state index is 14.7. The molecular formula is C26H31FN4O3. The van der Waals surface area contributed by atoms with E-state index < -0.39 is 17.3 Å². The van der Waals surface area contributed by atoms with Crippen LogP contribution in [-0.2, 0) is 11.2 Å². The standard InChI is InChI=1S/C26H31FN4O3/c1-16-7-5-8-17-19(15-16)28-23(21-18(27)9-6-10-20(21)32)29-24(17)30-11-13-31(14-12-30)25(34)22(33)26(2,3)4/h5-7,9-10,15,22,32-33H,8,11-14H2,1-4H3. The van der Waals surface area contributed by atoms with E-state index in [0.717, 1.165) is 11.1 Å². The van der Waals surface area contributed by atoms with Gasteiger partial charge in [-0.2, -0.15) is 0 Å². The number of piperazine rings is 1. The Kier molecular flexibility index (Phi) is 6.45. The minimum Gasteiger partial charge on any atom is -0.507 e. The lowest BCUT2D eigenvalue weighted by Crippen LogP contribution is -2.54. The number of aromatic hydroxyl groups is 1. The highest BCUT2D eigenvalue weighted by atomic mass is 19.1. The number of hydrogen-bond donors (Lipinski definition) is 2. The van der Waals surface area contributed by atoms with Crippen LogP contribution in [0.5, 0.6) is 5.75 Å². The molecule has 34 heavy (non-hydrogen) atoms. The summed E-state index contributed by atoms with van der Waals surface area (Å²) in [6.45, 7) is 9.40. The third-order valence-corrected chi connectivity index (χ3v) is 6.24. The number of anilines is 1. The van der Waals surface area contributed by atoms with Gasteiger partial charge in [-0.3, -0.25) is 4.79 Å². The molecule has 0 spiro atoms. The number of carbonyl (C=O) groups is 1. The first kappa shape index (κ1) is 23.9. The highest BCUT2D eigenvalue weighted by Gasteiger charge is 2.34. The lowest BCUT2D eigenvalue weighted by atomic mass is 9.88. The Morgan fingerprint density at radius 3 is 2.50 bits per heavy atom. The Bertz CT molecular complexity index is 1140. The summed E-state index contributed by atoms with van der Waals surface area (Å²) in [4.78, 5) is 25.8. The molecule has 2 aliphatic rings. The van der Waals surface area contributed by atoms with Crippen LogP contribution in [0.2, 0.25) is 0 Å². The van der Waals surface area contributed by atoms with Gasteiger partial charge in [0.1, 0.15) is 23.5 Å². The molecule has 1 atom stereocenters. The predicted molar refractivity (Wildman–Crippen MR) is 130 cm³/mol. The fraction of sp³-hybridized carbons (Fsp3) is 0.423. The average Bonchev–Trinajstić information content (AvgIpc) is 2.97. The van der Waals surface area contributed by atoms with E-state index in [1.807, 2.05) is 45.9 Å². The van der Waals surface area contributed by atoms with Crippen molar-refractivity contribution >= 4 is 17.8 Å². The van der Waals surface area contributed by atoms with Gasteiger partial charge in [0.05, 0.1) is 11.3 Å². The van der Waals surface area contributed by atoms with E-state index in [9.17, 15) is 19.4 Å². The minimum atomic E-state index is -1.07. The second-order valence-electron chi connectivity index (χ2n) is 9.94. The number of allylic oxidation sites excluding steroid dienone is 3. The maximum atomic E-state index is 14.7. The molecule has 180 valence electrons. The molecule has 1 amide bonds. The molecule has 2 aromatic rings. The van der Waals surface area contributed by atoms with Crippen LogP contribution >= 0.6 is 0 Å². The van der Waals surface area contributed by atoms with E-state index in [0.29, 0.717) is 44.1 Å². The topological polar surface area (TPSA) is 89.8 Å². The number of fused-ring (bicyclic) bond motifs is 1. The number of halogens is 1. The number of phenols is 1. The Hall–Kier alpha value is -3.26. The summed E-state index contributed by atoms with van der Waals surface area (Å²) in [5.74, 6) is -0.291. The Morgan fingerprint density at radius 2 is 1.85 bits per heavy atom. The van der Waals surface area contributed by atoms with Crippen molar-refractivity contribution in [1.82, 2.24) is 14.9 Å². The van der Waals surface area contributed by atoms with Crippen molar-refractivity contribution in [3.63, 3.8) is 0 Å². The van der Waals surface area contributed by atoms with Crippen molar-refractivity contribution in [1.29, 1.82) is 0 Å². The molecule has 1 aromatic heterocycles. The predicted octanol–water partition coefficient (Wildman–Crippen LogP) is 3.56. The van der Waals surface area contributed by atoms with Crippen LogP contribution in [0.15, 0.2) is 35.9 Å². The second kappa shape index (κ2) is 9.18. The summed E-state index contributed by atoms with van der Waals surface area (Å²) in [6, 6.07) is 4.13. The summed E-state index contributed by atoms with van der Waals surface area (Å²) in [7, 11) is 0. The number of phenolic OH excluding ortho intramolecular Hbond substituents is 1. The van der Waals surface area contributed by atoms with Gasteiger partial charge in [0.25, 0.3) is 5.91 Å². The van der Waals surface area contributed by atoms with Crippen LogP contribution in [0, 0.1) is 11.2 Å². The first-order valence-electron chi connectivity index (χ1n) is 11.5. The van der Waals surface area contributed by atoms with E-state index in [1.165, 1.54) is 18.2 Å². The Labute approximate surface area is 199 Å². The fourth-order valence-electron chi connectivity index (χ4n) is 4.22. The first-order valence-corrected chi connectivity index (χ1v) is 11.5. The fourth-order valence-corrected chi connectivity index (χ4v) is 4.22. The SMILES string of the molecule is CC1=Cc2nc(-c3c(O)cccc3F)nc(N3CCN(C(=O)C(O)C(C)(C)C)CC3)c2CC=C1. The molecule has 2 heterocycles. The molecule has 8 heteroatoms. The third-order valence-electron chi connectivity index (χ3n) is 6.24. The normalized spacial score (nSPS) is 17.2. The summed E-state index contributed by atoms with van der Waals surface area (Å²) >= 11 is 0. The molecule has 1 aliphatic heterocycles. The minimum absolute atomic E-state index is 0.0306. The largest absolute Gasteiger partial charge is 0.507 e. The monoisotopic (exact) mass is 466 g/mol. The number of aliphatic hydroxyl groups is 1. The highest BCUT2D eigenvalue weighted by Crippen LogP contribution is 2.34. The van der Waals surface area contributed by atoms with Gasteiger partial charge < -0.3 is 20.0 Å². The van der Waals surface area contributed by atoms with Crippen molar-refractivity contribution in [2.45, 2.75) is 40.2 Å². The van der Waals surface area contributed by atoms with Gasteiger partial charge in [-0.25, -0.2) is 14.4 Å². The molecular weight excluding hydrogens is 435 g/mol. The lowest BCUT2D eigenvalue weighted by Gasteiger charge is -2.38. The number of aliphatic hydroxyl groups excluding tert-OH is 1. The van der Waals surface area contributed by atoms with Crippen molar-refractivity contribution in [3.8, 4) is 17.1 Å². The molecule has 0 bridgehead atoms. The quantitative estimate of drug-likeness (QED) is 0.719. The number of carbonyl (C=O) groups excluding carboxylic acids is 1. The average molecular weight is 467 g/mol. The molecule has 7 nitrogen and oxygen atoms in total. The molecule has 1 saturated heterocycles. The van der Waals surface area contributed by atoms with Gasteiger partial charge in [0.15, 0.2) is 5.82 Å². The van der Waals surface area contributed by atoms with Crippen molar-refractivity contribution in [2.24, 2.45) is 5.41 Å². The first-order chi connectivity index (χ1) is 16.1. The molecule has 0 radical (unpaired) electrons. The number of rotatable bonds is 3. The highest BCUT2D eigenvalue weighted by molar-refractivity contribution is 5.82. The van der Waals surface area contributed by atoms with E-state index in [2.05, 4.69) is 9.88 Å². The van der Waals surface area contributed by atoms with Gasteiger partial charge in [-0.05, 0) is 42.5 Å². The number of hydrogen-bond acceptors (Lipinski definition) is 6. The Balaban J connectivity index is 1.69. The molecule has 1 aliphatic carbocycles. The van der Waals surface area contributed by atoms with Crippen molar-refractivity contribution in [3.05, 3.63) is 53.0 Å². The third kappa shape index (κ3) is 4.68. The van der Waals surface area contributed by atoms with Gasteiger partial charge in [-0.15, -0.1) is 0 Å². The summed E-state index contributed by atoms with van der Waals surface area (Å²) in [6.07, 6.45) is 5.54. The number of nitrogens with zero attached hydrogens (tertiary/aromatic N) is 4. The van der Waals surface area contributed by atoms with E-state index in [-0.39, 0.29) is 23.0 Å². The smallest absolute Gasteiger partial charge is 0.252 e. The van der Waals surface area contributed by atoms with Gasteiger partial charge >= 0.3 is 0 Å². The van der Waals surface area contributed by atoms with Crippen LogP contribution in [0.1, 0.15) is 39.0 Å². The molecule has 4 rings (SSSR count). The van der Waals surface area contributed by atoms with E-state index >= 15 is 0 Å². The van der Waals surface area contributed by atoms with Crippen LogP contribution in [0.3, 0.4) is 0 Å². The maximum Gasteiger partial charge on any atom is 0.252 e. The summed E-state index contributed by atoms with van der Waals surface area (Å²) < 4.78 is 14.7. The molecule has 2 N–H and O–H groups in total.